The summed E-state index contributed by atoms with van der Waals surface area (Å²) >= 11 is 6.17. The molecule has 37 heavy (non-hydrogen) atoms. The molecule has 0 saturated heterocycles. The molecule has 0 N–H and O–H groups in total. The number of anilines is 1. The molecule has 0 aliphatic carbocycles. The normalized spacial score (nSPS) is 13.8. The molecule has 0 heterocycles. The molecule has 0 fully saturated rings. The maximum Gasteiger partial charge on any atom is 0.416 e. The van der Waals surface area contributed by atoms with E-state index in [2.05, 4.69) is 0 Å². The number of aryl methyl sites for hydroxylation is 1. The van der Waals surface area contributed by atoms with E-state index >= 15 is 0 Å². The molecular weight excluding hydrogens is 523 g/mol. The first kappa shape index (κ1) is 28.5. The van der Waals surface area contributed by atoms with Crippen LogP contribution in [-0.2, 0) is 17.1 Å². The predicted octanol–water partition coefficient (Wildman–Crippen LogP) is 8.89. The molecule has 0 bridgehead atoms. The van der Waals surface area contributed by atoms with Crippen LogP contribution in [0.4, 0.5) is 36.4 Å². The van der Waals surface area contributed by atoms with Gasteiger partial charge in [0.25, 0.3) is 0 Å². The molecule has 0 aliphatic heterocycles. The quantitative estimate of drug-likeness (QED) is 0.293. The van der Waals surface area contributed by atoms with E-state index in [0.717, 1.165) is 0 Å². The number of nitrogens with zero attached hydrogens (tertiary/aromatic N) is 1. The highest BCUT2D eigenvalue weighted by Gasteiger charge is 2.38. The second-order valence-corrected chi connectivity index (χ2v) is 9.37. The van der Waals surface area contributed by atoms with Crippen molar-refractivity contribution in [2.45, 2.75) is 39.0 Å². The Balaban J connectivity index is 2.01. The maximum absolute atomic E-state index is 13.7. The Kier molecular flexibility index (Phi) is 7.98. The van der Waals surface area contributed by atoms with E-state index in [0.29, 0.717) is 39.5 Å². The van der Waals surface area contributed by atoms with Crippen LogP contribution in [0.5, 0.6) is 0 Å². The highest BCUT2D eigenvalue weighted by Crippen LogP contribution is 2.40. The van der Waals surface area contributed by atoms with Crippen molar-refractivity contribution in [3.63, 3.8) is 0 Å². The summed E-state index contributed by atoms with van der Waals surface area (Å²) in [6.45, 7) is 4.52. The molecule has 0 saturated carbocycles. The Morgan fingerprint density at radius 1 is 0.838 bits per heavy atom. The second kappa shape index (κ2) is 10.4. The molecule has 0 radical (unpaired) electrons. The number of carbonyl (C=O) groups is 1. The average molecular weight is 546 g/mol. The molecule has 10 heteroatoms. The van der Waals surface area contributed by atoms with Crippen LogP contribution in [0.1, 0.15) is 42.0 Å². The van der Waals surface area contributed by atoms with Crippen molar-refractivity contribution in [1.29, 1.82) is 0 Å². The Bertz CT molecular complexity index is 1280. The molecule has 198 valence electrons. The van der Waals surface area contributed by atoms with Gasteiger partial charge in [0.2, 0.25) is 5.91 Å². The Morgan fingerprint density at radius 2 is 1.41 bits per heavy atom. The van der Waals surface area contributed by atoms with Gasteiger partial charge < -0.3 is 4.90 Å². The molecule has 3 rings (SSSR count). The molecular formula is C27H23ClF7NO. The number of benzene rings is 3. The van der Waals surface area contributed by atoms with E-state index in [1.807, 2.05) is 0 Å². The van der Waals surface area contributed by atoms with Gasteiger partial charge in [-0.2, -0.15) is 26.3 Å². The minimum atomic E-state index is -5.00. The van der Waals surface area contributed by atoms with Crippen LogP contribution < -0.4 is 4.90 Å². The second-order valence-electron chi connectivity index (χ2n) is 8.93. The van der Waals surface area contributed by atoms with Crippen molar-refractivity contribution < 1.29 is 35.5 Å². The van der Waals surface area contributed by atoms with Crippen LogP contribution in [-0.4, -0.2) is 13.0 Å². The lowest BCUT2D eigenvalue weighted by molar-refractivity contribution is -0.143. The summed E-state index contributed by atoms with van der Waals surface area (Å²) in [5.41, 5.74) is -1.06. The number of hydrogen-bond donors (Lipinski definition) is 0. The largest absolute Gasteiger partial charge is 0.416 e. The molecule has 3 aromatic carbocycles. The number of carbonyl (C=O) groups excluding carboxylic acids is 1. The van der Waals surface area contributed by atoms with Crippen molar-refractivity contribution in [3.8, 4) is 11.1 Å². The van der Waals surface area contributed by atoms with Crippen LogP contribution in [0.2, 0.25) is 5.02 Å². The van der Waals surface area contributed by atoms with E-state index in [1.54, 1.807) is 25.1 Å². The van der Waals surface area contributed by atoms with Crippen LogP contribution in [0.3, 0.4) is 0 Å². The fourth-order valence-electron chi connectivity index (χ4n) is 4.11. The zero-order valence-corrected chi connectivity index (χ0v) is 21.0. The number of rotatable bonds is 5. The SMILES string of the molecule is Cc1cc(F)ccc1-c1cc(Cl)ccc1N(C)C(=O)C(C)C(C)c1cc(C(F)(F)F)cc(C(F)(F)F)c1. The molecule has 2 atom stereocenters. The summed E-state index contributed by atoms with van der Waals surface area (Å²) < 4.78 is 93.6. The summed E-state index contributed by atoms with van der Waals surface area (Å²) in [6, 6.07) is 10.1. The van der Waals surface area contributed by atoms with E-state index in [4.69, 9.17) is 11.6 Å². The number of alkyl halides is 6. The first-order valence-electron chi connectivity index (χ1n) is 11.1. The van der Waals surface area contributed by atoms with Gasteiger partial charge in [0.15, 0.2) is 0 Å². The zero-order chi connectivity index (χ0) is 27.9. The lowest BCUT2D eigenvalue weighted by atomic mass is 9.85. The maximum atomic E-state index is 13.7. The monoisotopic (exact) mass is 545 g/mol. The van der Waals surface area contributed by atoms with Crippen LogP contribution >= 0.6 is 11.6 Å². The molecule has 1 amide bonds. The summed E-state index contributed by atoms with van der Waals surface area (Å²) in [7, 11) is 1.45. The smallest absolute Gasteiger partial charge is 0.315 e. The third-order valence-electron chi connectivity index (χ3n) is 6.40. The Labute approximate surface area is 214 Å². The fourth-order valence-corrected chi connectivity index (χ4v) is 4.29. The summed E-state index contributed by atoms with van der Waals surface area (Å²) in [5, 5.41) is 0.355. The summed E-state index contributed by atoms with van der Waals surface area (Å²) in [4.78, 5) is 14.7. The van der Waals surface area contributed by atoms with E-state index < -0.39 is 47.0 Å². The van der Waals surface area contributed by atoms with Crippen LogP contribution in [0.15, 0.2) is 54.6 Å². The van der Waals surface area contributed by atoms with Crippen LogP contribution in [0.25, 0.3) is 11.1 Å². The third-order valence-corrected chi connectivity index (χ3v) is 6.64. The first-order chi connectivity index (χ1) is 17.0. The lowest BCUT2D eigenvalue weighted by Crippen LogP contribution is -2.34. The van der Waals surface area contributed by atoms with Crippen molar-refractivity contribution in [3.05, 3.63) is 87.7 Å². The number of halogens is 8. The Hall–Kier alpha value is -3.07. The highest BCUT2D eigenvalue weighted by atomic mass is 35.5. The molecule has 3 aromatic rings. The van der Waals surface area contributed by atoms with Gasteiger partial charge in [-0.1, -0.05) is 31.5 Å². The Morgan fingerprint density at radius 3 is 1.92 bits per heavy atom. The minimum absolute atomic E-state index is 0.0554. The van der Waals surface area contributed by atoms with Crippen molar-refractivity contribution in [1.82, 2.24) is 0 Å². The van der Waals surface area contributed by atoms with Gasteiger partial charge in [-0.05, 0) is 78.1 Å². The molecule has 0 spiro atoms. The van der Waals surface area contributed by atoms with Gasteiger partial charge in [-0.3, -0.25) is 4.79 Å². The lowest BCUT2D eigenvalue weighted by Gasteiger charge is -2.28. The van der Waals surface area contributed by atoms with Crippen molar-refractivity contribution in [2.24, 2.45) is 5.92 Å². The number of amides is 1. The van der Waals surface area contributed by atoms with Crippen molar-refractivity contribution in [2.75, 3.05) is 11.9 Å². The fraction of sp³-hybridized carbons (Fsp3) is 0.296. The average Bonchev–Trinajstić information content (AvgIpc) is 2.80. The summed E-state index contributed by atoms with van der Waals surface area (Å²) in [5.74, 6) is -2.97. The molecule has 2 unspecified atom stereocenters. The molecule has 0 aliphatic rings. The van der Waals surface area contributed by atoms with E-state index in [-0.39, 0.29) is 11.6 Å². The van der Waals surface area contributed by atoms with Gasteiger partial charge >= 0.3 is 12.4 Å². The van der Waals surface area contributed by atoms with Gasteiger partial charge in [-0.15, -0.1) is 0 Å². The molecule has 0 aromatic heterocycles. The number of hydrogen-bond acceptors (Lipinski definition) is 1. The topological polar surface area (TPSA) is 20.3 Å². The van der Waals surface area contributed by atoms with E-state index in [9.17, 15) is 35.5 Å². The first-order valence-corrected chi connectivity index (χ1v) is 11.5. The van der Waals surface area contributed by atoms with Gasteiger partial charge in [0.1, 0.15) is 5.82 Å². The van der Waals surface area contributed by atoms with Crippen molar-refractivity contribution >= 4 is 23.2 Å². The third kappa shape index (κ3) is 6.26. The van der Waals surface area contributed by atoms with Gasteiger partial charge in [0.05, 0.1) is 16.8 Å². The minimum Gasteiger partial charge on any atom is -0.315 e. The van der Waals surface area contributed by atoms with Gasteiger partial charge in [-0.25, -0.2) is 4.39 Å². The highest BCUT2D eigenvalue weighted by molar-refractivity contribution is 6.31. The van der Waals surface area contributed by atoms with Crippen LogP contribution in [0, 0.1) is 18.7 Å². The van der Waals surface area contributed by atoms with E-state index in [1.165, 1.54) is 44.0 Å². The zero-order valence-electron chi connectivity index (χ0n) is 20.2. The van der Waals surface area contributed by atoms with Gasteiger partial charge in [0, 0.05) is 23.6 Å². The predicted molar refractivity (Wildman–Crippen MR) is 129 cm³/mol. The molecule has 2 nitrogen and oxygen atoms in total. The standard InChI is InChI=1S/C27H23ClF7NO/c1-14-9-21(29)6-7-22(14)23-13-20(28)5-8-24(23)36(4)25(37)16(3)15(2)17-10-18(26(30,31)32)12-19(11-17)27(33,34)35/h5-13,15-16H,1-4H3. The summed E-state index contributed by atoms with van der Waals surface area (Å²) in [6.07, 6.45) is -9.99.